The summed E-state index contributed by atoms with van der Waals surface area (Å²) in [6.07, 6.45) is 1.99. The molecule has 0 spiro atoms. The molecule has 0 bridgehead atoms. The fourth-order valence-electron chi connectivity index (χ4n) is 4.21. The van der Waals surface area contributed by atoms with Crippen LogP contribution in [0.1, 0.15) is 43.7 Å². The maximum atomic E-state index is 13.5. The molecule has 0 aliphatic carbocycles. The number of aliphatic hydroxyl groups is 1. The number of hydrogen-bond acceptors (Lipinski definition) is 5. The van der Waals surface area contributed by atoms with Gasteiger partial charge in [-0.3, -0.25) is 9.59 Å². The van der Waals surface area contributed by atoms with Crippen LogP contribution < -0.4 is 4.90 Å². The molecule has 1 N–H and O–H groups in total. The maximum absolute atomic E-state index is 13.5. The number of hydrogen-bond donors (Lipinski definition) is 1. The third-order valence-electron chi connectivity index (χ3n) is 5.53. The van der Waals surface area contributed by atoms with Crippen molar-refractivity contribution in [3.05, 3.63) is 77.6 Å². The van der Waals surface area contributed by atoms with Crippen LogP contribution in [0.25, 0.3) is 0 Å². The second kappa shape index (κ2) is 9.88. The predicted octanol–water partition coefficient (Wildman–Crippen LogP) is 3.99. The van der Waals surface area contributed by atoms with E-state index in [0.717, 1.165) is 16.8 Å². The maximum Gasteiger partial charge on any atom is 0.313 e. The fraction of sp³-hybridized carbons (Fsp3) is 0.360. The van der Waals surface area contributed by atoms with Crippen molar-refractivity contribution in [3.8, 4) is 0 Å². The largest absolute Gasteiger partial charge is 0.469 e. The van der Waals surface area contributed by atoms with Crippen molar-refractivity contribution in [1.29, 1.82) is 0 Å². The van der Waals surface area contributed by atoms with Crippen LogP contribution >= 0.6 is 0 Å². The van der Waals surface area contributed by atoms with Gasteiger partial charge in [-0.1, -0.05) is 42.5 Å². The Hall–Kier alpha value is -2.99. The van der Waals surface area contributed by atoms with E-state index in [1.165, 1.54) is 19.2 Å². The van der Waals surface area contributed by atoms with E-state index in [0.29, 0.717) is 0 Å². The van der Waals surface area contributed by atoms with Crippen LogP contribution in [0.2, 0.25) is 0 Å². The first-order chi connectivity index (χ1) is 14.8. The van der Waals surface area contributed by atoms with Gasteiger partial charge in [0.05, 0.1) is 19.3 Å². The molecule has 2 aromatic rings. The van der Waals surface area contributed by atoms with Crippen LogP contribution in [0.15, 0.2) is 60.7 Å². The number of halogens is 1. The van der Waals surface area contributed by atoms with Gasteiger partial charge >= 0.3 is 5.97 Å². The van der Waals surface area contributed by atoms with Crippen LogP contribution in [-0.2, 0) is 14.3 Å². The lowest BCUT2D eigenvalue weighted by Crippen LogP contribution is -2.38. The molecule has 5 nitrogen and oxygen atoms in total. The normalized spacial score (nSPS) is 19.0. The standard InChI is InChI=1S/C25H28FNO4/c1-16(2)27-22-7-5-4-6-21(22)25(17-8-10-18(26)11-9-17)23(27)13-12-19(28)14-20(29)15-24(30)31-3/h4-13,16,19,23,25,28H,14-15H2,1-3H3/b13-12-/t19-,23-,25+/m1/s1. The van der Waals surface area contributed by atoms with Crippen molar-refractivity contribution in [2.24, 2.45) is 0 Å². The average molecular weight is 426 g/mol. The molecule has 1 aliphatic heterocycles. The summed E-state index contributed by atoms with van der Waals surface area (Å²) in [7, 11) is 1.22. The first-order valence-electron chi connectivity index (χ1n) is 10.4. The van der Waals surface area contributed by atoms with Gasteiger partial charge in [0.25, 0.3) is 0 Å². The number of nitrogens with zero attached hydrogens (tertiary/aromatic N) is 1. The van der Waals surface area contributed by atoms with Gasteiger partial charge in [-0.25, -0.2) is 4.39 Å². The van der Waals surface area contributed by atoms with Crippen molar-refractivity contribution in [3.63, 3.8) is 0 Å². The highest BCUT2D eigenvalue weighted by molar-refractivity contribution is 5.95. The number of carbonyl (C=O) groups is 2. The Bertz CT molecular complexity index is 954. The van der Waals surface area contributed by atoms with E-state index in [9.17, 15) is 19.1 Å². The molecule has 0 aromatic heterocycles. The molecular weight excluding hydrogens is 397 g/mol. The Labute approximate surface area is 182 Å². The molecular formula is C25H28FNO4. The van der Waals surface area contributed by atoms with E-state index in [1.807, 2.05) is 18.2 Å². The lowest BCUT2D eigenvalue weighted by Gasteiger charge is -2.32. The molecule has 0 saturated carbocycles. The number of para-hydroxylation sites is 1. The Kier molecular flexibility index (Phi) is 7.23. The van der Waals surface area contributed by atoms with Crippen LogP contribution in [0, 0.1) is 5.82 Å². The Balaban J connectivity index is 1.89. The second-order valence-electron chi connectivity index (χ2n) is 8.03. The number of aliphatic hydroxyl groups excluding tert-OH is 1. The number of ether oxygens (including phenoxy) is 1. The Morgan fingerprint density at radius 2 is 1.84 bits per heavy atom. The van der Waals surface area contributed by atoms with Crippen molar-refractivity contribution in [2.45, 2.75) is 50.8 Å². The average Bonchev–Trinajstić information content (AvgIpc) is 3.07. The zero-order valence-electron chi connectivity index (χ0n) is 18.0. The lowest BCUT2D eigenvalue weighted by atomic mass is 9.87. The monoisotopic (exact) mass is 425 g/mol. The molecule has 3 rings (SSSR count). The number of esters is 1. The summed E-state index contributed by atoms with van der Waals surface area (Å²) in [6.45, 7) is 4.20. The molecule has 1 heterocycles. The van der Waals surface area contributed by atoms with Gasteiger partial charge in [-0.05, 0) is 43.2 Å². The molecule has 2 aromatic carbocycles. The second-order valence-corrected chi connectivity index (χ2v) is 8.03. The number of rotatable bonds is 8. The van der Waals surface area contributed by atoms with Gasteiger partial charge in [0.15, 0.2) is 0 Å². The number of anilines is 1. The van der Waals surface area contributed by atoms with Gasteiger partial charge in [0, 0.05) is 24.1 Å². The topological polar surface area (TPSA) is 66.8 Å². The number of carbonyl (C=O) groups excluding carboxylic acids is 2. The highest BCUT2D eigenvalue weighted by Crippen LogP contribution is 2.46. The molecule has 0 fully saturated rings. The van der Waals surface area contributed by atoms with Crippen molar-refractivity contribution in [1.82, 2.24) is 0 Å². The van der Waals surface area contributed by atoms with Crippen LogP contribution in [-0.4, -0.2) is 42.2 Å². The summed E-state index contributed by atoms with van der Waals surface area (Å²) in [5.41, 5.74) is 3.20. The SMILES string of the molecule is COC(=O)CC(=O)C[C@H](O)/C=C\[C@@H]1[C@@H](c2ccc(F)cc2)c2ccccc2N1C(C)C. The first-order valence-corrected chi connectivity index (χ1v) is 10.4. The zero-order valence-corrected chi connectivity index (χ0v) is 18.0. The minimum atomic E-state index is -1.01. The summed E-state index contributed by atoms with van der Waals surface area (Å²) < 4.78 is 18.0. The summed E-state index contributed by atoms with van der Waals surface area (Å²) in [4.78, 5) is 25.5. The zero-order chi connectivity index (χ0) is 22.5. The molecule has 31 heavy (non-hydrogen) atoms. The van der Waals surface area contributed by atoms with E-state index in [1.54, 1.807) is 18.2 Å². The molecule has 6 heteroatoms. The van der Waals surface area contributed by atoms with Gasteiger partial charge < -0.3 is 14.7 Å². The molecule has 1 aliphatic rings. The third-order valence-corrected chi connectivity index (χ3v) is 5.53. The van der Waals surface area contributed by atoms with E-state index in [-0.39, 0.29) is 42.4 Å². The Morgan fingerprint density at radius 1 is 1.16 bits per heavy atom. The summed E-state index contributed by atoms with van der Waals surface area (Å²) in [5, 5.41) is 10.4. The first kappa shape index (κ1) is 22.7. The summed E-state index contributed by atoms with van der Waals surface area (Å²) in [6, 6.07) is 14.7. The molecule has 3 atom stereocenters. The quantitative estimate of drug-likeness (QED) is 0.394. The highest BCUT2D eigenvalue weighted by atomic mass is 19.1. The highest BCUT2D eigenvalue weighted by Gasteiger charge is 2.38. The van der Waals surface area contributed by atoms with Gasteiger partial charge in [0.2, 0.25) is 0 Å². The molecule has 0 radical (unpaired) electrons. The van der Waals surface area contributed by atoms with Gasteiger partial charge in [-0.15, -0.1) is 0 Å². The van der Waals surface area contributed by atoms with E-state index in [4.69, 9.17) is 0 Å². The minimum Gasteiger partial charge on any atom is -0.469 e. The molecule has 0 unspecified atom stereocenters. The van der Waals surface area contributed by atoms with E-state index < -0.39 is 12.1 Å². The predicted molar refractivity (Wildman–Crippen MR) is 117 cm³/mol. The number of ketones is 1. The number of benzene rings is 2. The van der Waals surface area contributed by atoms with E-state index >= 15 is 0 Å². The van der Waals surface area contributed by atoms with Crippen molar-refractivity contribution < 1.29 is 23.8 Å². The summed E-state index contributed by atoms with van der Waals surface area (Å²) in [5.74, 6) is -1.33. The number of Topliss-reactive ketones (excluding diaryl/α,β-unsaturated/α-hetero) is 1. The van der Waals surface area contributed by atoms with Gasteiger partial charge in [-0.2, -0.15) is 0 Å². The lowest BCUT2D eigenvalue weighted by molar-refractivity contribution is -0.143. The molecule has 164 valence electrons. The van der Waals surface area contributed by atoms with Crippen molar-refractivity contribution >= 4 is 17.4 Å². The van der Waals surface area contributed by atoms with Crippen LogP contribution in [0.5, 0.6) is 0 Å². The molecule has 0 amide bonds. The number of fused-ring (bicyclic) bond motifs is 1. The van der Waals surface area contributed by atoms with E-state index in [2.05, 4.69) is 35.6 Å². The minimum absolute atomic E-state index is 0.0478. The third kappa shape index (κ3) is 5.20. The summed E-state index contributed by atoms with van der Waals surface area (Å²) >= 11 is 0. The smallest absolute Gasteiger partial charge is 0.313 e. The number of methoxy groups -OCH3 is 1. The fourth-order valence-corrected chi connectivity index (χ4v) is 4.21. The van der Waals surface area contributed by atoms with Gasteiger partial charge in [0.1, 0.15) is 18.0 Å². The molecule has 0 saturated heterocycles. The Morgan fingerprint density at radius 3 is 2.48 bits per heavy atom. The van der Waals surface area contributed by atoms with Crippen LogP contribution in [0.4, 0.5) is 10.1 Å². The van der Waals surface area contributed by atoms with Crippen LogP contribution in [0.3, 0.4) is 0 Å². The van der Waals surface area contributed by atoms with Crippen molar-refractivity contribution in [2.75, 3.05) is 12.0 Å².